The Balaban J connectivity index is 0.000000240. The summed E-state index contributed by atoms with van der Waals surface area (Å²) in [5.74, 6) is 0. The van der Waals surface area contributed by atoms with Gasteiger partial charge in [0.2, 0.25) is 0 Å². The van der Waals surface area contributed by atoms with Crippen LogP contribution in [-0.4, -0.2) is 19.5 Å². The molecular weight excluding hydrogens is 547 g/mol. The van der Waals surface area contributed by atoms with Gasteiger partial charge in [0.15, 0.2) is 0 Å². The summed E-state index contributed by atoms with van der Waals surface area (Å²) in [7, 11) is 0. The summed E-state index contributed by atoms with van der Waals surface area (Å²) in [6.07, 6.45) is 0. The van der Waals surface area contributed by atoms with Crippen molar-refractivity contribution in [3.8, 4) is 0 Å². The monoisotopic (exact) mass is 570 g/mol. The molecule has 5 heteroatoms. The minimum atomic E-state index is 0. The van der Waals surface area contributed by atoms with Crippen LogP contribution in [0.1, 0.15) is 33.4 Å². The van der Waals surface area contributed by atoms with E-state index in [0.29, 0.717) is 0 Å². The minimum Gasteiger partial charge on any atom is -0.0778 e. The third-order valence-corrected chi connectivity index (χ3v) is 7.13. The molecule has 0 N–H and O–H groups in total. The van der Waals surface area contributed by atoms with Gasteiger partial charge in [0.1, 0.15) is 0 Å². The summed E-state index contributed by atoms with van der Waals surface area (Å²) in [6, 6.07) is 36.1. The Hall–Kier alpha value is -2.27. The standard InChI is InChI=1S/2C15H12S2.Ni/c2*1-11-7-9-13(10-8-11)15(17)14(16)12-5-3-2-4-6-12;/h2*2-10H,1H3;. The van der Waals surface area contributed by atoms with E-state index in [9.17, 15) is 0 Å². The van der Waals surface area contributed by atoms with Gasteiger partial charge in [-0.3, -0.25) is 0 Å². The van der Waals surface area contributed by atoms with Crippen LogP contribution in [0, 0.1) is 13.8 Å². The molecule has 0 spiro atoms. The normalized spacial score (nSPS) is 9.66. The van der Waals surface area contributed by atoms with Crippen LogP contribution in [0.25, 0.3) is 0 Å². The predicted molar refractivity (Wildman–Crippen MR) is 162 cm³/mol. The first kappa shape index (κ1) is 29.0. The van der Waals surface area contributed by atoms with Crippen molar-refractivity contribution in [2.75, 3.05) is 0 Å². The van der Waals surface area contributed by atoms with Crippen LogP contribution in [0.5, 0.6) is 0 Å². The van der Waals surface area contributed by atoms with Crippen molar-refractivity contribution in [1.82, 2.24) is 0 Å². The van der Waals surface area contributed by atoms with Crippen molar-refractivity contribution in [1.29, 1.82) is 0 Å². The molecule has 0 saturated heterocycles. The van der Waals surface area contributed by atoms with Crippen molar-refractivity contribution in [2.24, 2.45) is 0 Å². The van der Waals surface area contributed by atoms with E-state index in [1.807, 2.05) is 84.9 Å². The fourth-order valence-electron chi connectivity index (χ4n) is 3.11. The van der Waals surface area contributed by atoms with E-state index in [2.05, 4.69) is 38.1 Å². The zero-order valence-corrected chi connectivity index (χ0v) is 23.6. The molecule has 0 atom stereocenters. The molecule has 0 aliphatic heterocycles. The number of hydrogen-bond donors (Lipinski definition) is 0. The van der Waals surface area contributed by atoms with Gasteiger partial charge in [0.25, 0.3) is 0 Å². The van der Waals surface area contributed by atoms with E-state index in [0.717, 1.165) is 41.7 Å². The van der Waals surface area contributed by atoms with E-state index in [-0.39, 0.29) is 16.5 Å². The second-order valence-corrected chi connectivity index (χ2v) is 9.41. The quantitative estimate of drug-likeness (QED) is 0.130. The first-order valence-corrected chi connectivity index (χ1v) is 12.4. The maximum atomic E-state index is 5.43. The summed E-state index contributed by atoms with van der Waals surface area (Å²) in [6.45, 7) is 4.12. The van der Waals surface area contributed by atoms with E-state index >= 15 is 0 Å². The number of benzene rings is 4. The molecule has 35 heavy (non-hydrogen) atoms. The molecule has 0 amide bonds. The average molecular weight is 571 g/mol. The van der Waals surface area contributed by atoms with Gasteiger partial charge in [-0.25, -0.2) is 0 Å². The van der Waals surface area contributed by atoms with Gasteiger partial charge in [-0.2, -0.15) is 0 Å². The van der Waals surface area contributed by atoms with Gasteiger partial charge in [-0.15, -0.1) is 0 Å². The van der Waals surface area contributed by atoms with Crippen LogP contribution >= 0.6 is 48.9 Å². The van der Waals surface area contributed by atoms with Crippen molar-refractivity contribution < 1.29 is 16.5 Å². The molecule has 0 radical (unpaired) electrons. The first-order chi connectivity index (χ1) is 16.4. The summed E-state index contributed by atoms with van der Waals surface area (Å²) in [4.78, 5) is 2.96. The molecule has 4 rings (SSSR count). The van der Waals surface area contributed by atoms with Gasteiger partial charge in [0.05, 0.1) is 19.5 Å². The maximum absolute atomic E-state index is 5.43. The van der Waals surface area contributed by atoms with Crippen molar-refractivity contribution in [2.45, 2.75) is 13.8 Å². The third kappa shape index (κ3) is 8.42. The Kier molecular flexibility index (Phi) is 11.9. The molecule has 0 fully saturated rings. The zero-order chi connectivity index (χ0) is 24.5. The number of rotatable bonds is 6. The molecule has 4 aromatic carbocycles. The van der Waals surface area contributed by atoms with E-state index in [1.165, 1.54) is 11.1 Å². The van der Waals surface area contributed by atoms with Crippen LogP contribution in [0.4, 0.5) is 0 Å². The largest absolute Gasteiger partial charge is 0.0778 e. The molecule has 178 valence electrons. The van der Waals surface area contributed by atoms with Crippen LogP contribution in [0.3, 0.4) is 0 Å². The van der Waals surface area contributed by atoms with Crippen LogP contribution in [0.2, 0.25) is 0 Å². The van der Waals surface area contributed by atoms with Crippen molar-refractivity contribution in [3.63, 3.8) is 0 Å². The summed E-state index contributed by atoms with van der Waals surface area (Å²) in [5.41, 5.74) is 6.49. The number of hydrogen-bond acceptors (Lipinski definition) is 4. The molecule has 0 unspecified atom stereocenters. The molecule has 0 aliphatic rings. The van der Waals surface area contributed by atoms with Gasteiger partial charge in [-0.1, -0.05) is 169 Å². The Morgan fingerprint density at radius 2 is 0.600 bits per heavy atom. The van der Waals surface area contributed by atoms with Crippen molar-refractivity contribution in [3.05, 3.63) is 143 Å². The molecule has 4 aromatic rings. The van der Waals surface area contributed by atoms with Crippen molar-refractivity contribution >= 4 is 68.3 Å². The minimum absolute atomic E-state index is 0. The van der Waals surface area contributed by atoms with Gasteiger partial charge < -0.3 is 0 Å². The Bertz CT molecular complexity index is 1190. The SMILES string of the molecule is Cc1ccc(C(=S)C(=S)c2ccccc2)cc1.Cc1ccc(C(=S)C(=S)c2ccccc2)cc1.[Ni]. The van der Waals surface area contributed by atoms with Crippen LogP contribution in [0.15, 0.2) is 109 Å². The Labute approximate surface area is 239 Å². The van der Waals surface area contributed by atoms with E-state index in [1.54, 1.807) is 0 Å². The molecule has 0 aromatic heterocycles. The van der Waals surface area contributed by atoms with Crippen LogP contribution in [-0.2, 0) is 16.5 Å². The second kappa shape index (κ2) is 14.3. The maximum Gasteiger partial charge on any atom is 0.0636 e. The first-order valence-electron chi connectivity index (χ1n) is 10.8. The molecule has 0 bridgehead atoms. The summed E-state index contributed by atoms with van der Waals surface area (Å²) < 4.78 is 0. The molecule has 0 heterocycles. The summed E-state index contributed by atoms with van der Waals surface area (Å²) in [5, 5.41) is 0. The molecular formula is C30H24NiS4. The fraction of sp³-hybridized carbons (Fsp3) is 0.0667. The smallest absolute Gasteiger partial charge is 0.0636 e. The number of thiocarbonyl (C=S) groups is 4. The predicted octanol–water partition coefficient (Wildman–Crippen LogP) is 8.26. The second-order valence-electron chi connectivity index (χ2n) is 7.78. The van der Waals surface area contributed by atoms with Gasteiger partial charge >= 0.3 is 0 Å². The van der Waals surface area contributed by atoms with Gasteiger partial charge in [0, 0.05) is 16.5 Å². The molecule has 0 nitrogen and oxygen atoms in total. The van der Waals surface area contributed by atoms with E-state index < -0.39 is 0 Å². The van der Waals surface area contributed by atoms with E-state index in [4.69, 9.17) is 48.9 Å². The molecule has 0 saturated carbocycles. The van der Waals surface area contributed by atoms with Crippen LogP contribution < -0.4 is 0 Å². The Morgan fingerprint density at radius 3 is 0.857 bits per heavy atom. The summed E-state index contributed by atoms with van der Waals surface area (Å²) >= 11 is 21.7. The average Bonchev–Trinajstić information content (AvgIpc) is 2.89. The number of aryl methyl sites for hydroxylation is 2. The third-order valence-electron chi connectivity index (χ3n) is 5.11. The Morgan fingerprint density at radius 1 is 0.371 bits per heavy atom. The molecule has 0 aliphatic carbocycles. The topological polar surface area (TPSA) is 0 Å². The zero-order valence-electron chi connectivity index (χ0n) is 19.3. The van der Waals surface area contributed by atoms with Gasteiger partial charge in [-0.05, 0) is 36.1 Å². The fourth-order valence-corrected chi connectivity index (χ4v) is 4.13.